The standard InChI is InChI=1S/C45H32N4O/c50-28-29-11-10-18-33(27-29)45-40-25-23-38(48-40)43(31-14-6-2-7-15-31)36-21-19-34(46-36)42(30-12-4-1-5-13-30)35-20-22-37(47-35)44(32-16-8-3-9-17-32)39-24-26-41(45)49-39/h1-28,46-49H. The fourth-order valence-corrected chi connectivity index (χ4v) is 7.15. The Labute approximate surface area is 288 Å². The average molecular weight is 645 g/mol. The Morgan fingerprint density at radius 2 is 0.660 bits per heavy atom. The first kappa shape index (κ1) is 29.3. The lowest BCUT2D eigenvalue weighted by Gasteiger charge is -2.10. The predicted molar refractivity (Wildman–Crippen MR) is 199 cm³/mol. The predicted octanol–water partition coefficient (Wildman–Crippen LogP) is 6.11. The summed E-state index contributed by atoms with van der Waals surface area (Å²) in [5.41, 5.74) is 12.9. The summed E-state index contributed by atoms with van der Waals surface area (Å²) in [4.78, 5) is 27.1. The van der Waals surface area contributed by atoms with Gasteiger partial charge in [0.15, 0.2) is 0 Å². The topological polar surface area (TPSA) is 80.2 Å². The number of nitrogens with one attached hydrogen (secondary N) is 4. The Kier molecular flexibility index (Phi) is 7.21. The molecule has 5 nitrogen and oxygen atoms in total. The van der Waals surface area contributed by atoms with Gasteiger partial charge in [0.1, 0.15) is 6.29 Å². The van der Waals surface area contributed by atoms with E-state index in [0.717, 1.165) is 95.0 Å². The highest BCUT2D eigenvalue weighted by atomic mass is 16.1. The smallest absolute Gasteiger partial charge is 0.150 e. The molecular weight excluding hydrogens is 613 g/mol. The van der Waals surface area contributed by atoms with Crippen molar-refractivity contribution in [3.8, 4) is 0 Å². The van der Waals surface area contributed by atoms with Gasteiger partial charge in [0.25, 0.3) is 0 Å². The number of aromatic nitrogens is 4. The zero-order chi connectivity index (χ0) is 33.4. The highest BCUT2D eigenvalue weighted by Gasteiger charge is 2.18. The second-order valence-electron chi connectivity index (χ2n) is 12.5. The van der Waals surface area contributed by atoms with Gasteiger partial charge in [0, 0.05) is 72.0 Å². The number of aromatic amines is 4. The monoisotopic (exact) mass is 644 g/mol. The number of carbonyl (C=O) groups excluding carboxylic acids is 1. The van der Waals surface area contributed by atoms with Gasteiger partial charge in [0.2, 0.25) is 0 Å². The first-order chi connectivity index (χ1) is 24.7. The molecule has 0 amide bonds. The molecule has 1 aliphatic heterocycles. The molecule has 8 bridgehead atoms. The molecule has 4 aromatic heterocycles. The van der Waals surface area contributed by atoms with Crippen LogP contribution in [0.5, 0.6) is 0 Å². The number of hydrogen-bond acceptors (Lipinski definition) is 1. The largest absolute Gasteiger partial charge is 0.354 e. The van der Waals surface area contributed by atoms with Crippen LogP contribution >= 0.6 is 0 Å². The number of carbonyl (C=O) groups is 1. The van der Waals surface area contributed by atoms with Crippen molar-refractivity contribution >= 4 is 28.6 Å². The third-order valence-corrected chi connectivity index (χ3v) is 9.40. The molecule has 1 aliphatic rings. The second-order valence-corrected chi connectivity index (χ2v) is 12.5. The van der Waals surface area contributed by atoms with E-state index in [2.05, 4.69) is 153 Å². The Hall–Kier alpha value is -6.85. The molecule has 0 spiro atoms. The van der Waals surface area contributed by atoms with Crippen molar-refractivity contribution in [2.24, 2.45) is 0 Å². The number of fused-ring (bicyclic) bond motifs is 8. The lowest BCUT2D eigenvalue weighted by atomic mass is 10.0. The maximum atomic E-state index is 11.9. The van der Waals surface area contributed by atoms with Gasteiger partial charge < -0.3 is 19.9 Å². The van der Waals surface area contributed by atoms with E-state index in [1.165, 1.54) is 0 Å². The van der Waals surface area contributed by atoms with Gasteiger partial charge in [-0.15, -0.1) is 0 Å². The van der Waals surface area contributed by atoms with Crippen molar-refractivity contribution in [2.45, 2.75) is 0 Å². The molecule has 8 aromatic rings. The third kappa shape index (κ3) is 5.18. The Bertz CT molecular complexity index is 2760. The van der Waals surface area contributed by atoms with Crippen LogP contribution in [0.4, 0.5) is 0 Å². The molecular formula is C45H32N4O. The molecule has 0 saturated carbocycles. The molecule has 4 aromatic carbocycles. The highest BCUT2D eigenvalue weighted by molar-refractivity contribution is 5.86. The van der Waals surface area contributed by atoms with Gasteiger partial charge in [-0.1, -0.05) is 109 Å². The van der Waals surface area contributed by atoms with E-state index in [-0.39, 0.29) is 0 Å². The summed E-state index contributed by atoms with van der Waals surface area (Å²) in [6, 6.07) is 56.4. The SMILES string of the molecule is O=Cc1cccc(C2=c3ccc([nH]3)=C(c3ccccc3)c3ccc([nH]3)C(c3ccccc3)=c3ccc([nH]3)=C(c3ccccc3)c3ccc2[nH]3)c1. The first-order valence-corrected chi connectivity index (χ1v) is 16.7. The van der Waals surface area contributed by atoms with Crippen LogP contribution in [0, 0.1) is 0 Å². The first-order valence-electron chi connectivity index (χ1n) is 16.7. The quantitative estimate of drug-likeness (QED) is 0.168. The van der Waals surface area contributed by atoms with Crippen molar-refractivity contribution in [1.82, 2.24) is 19.9 Å². The summed E-state index contributed by atoms with van der Waals surface area (Å²) in [6.45, 7) is 0. The van der Waals surface area contributed by atoms with E-state index in [4.69, 9.17) is 0 Å². The summed E-state index contributed by atoms with van der Waals surface area (Å²) >= 11 is 0. The Morgan fingerprint density at radius 3 is 1.02 bits per heavy atom. The van der Waals surface area contributed by atoms with E-state index >= 15 is 0 Å². The van der Waals surface area contributed by atoms with Crippen LogP contribution in [0.1, 0.15) is 55.4 Å². The molecule has 0 unspecified atom stereocenters. The minimum absolute atomic E-state index is 0.622. The average Bonchev–Trinajstić information content (AvgIpc) is 4.01. The molecule has 0 saturated heterocycles. The summed E-state index contributed by atoms with van der Waals surface area (Å²) in [5.74, 6) is 0. The van der Waals surface area contributed by atoms with E-state index < -0.39 is 0 Å². The summed E-state index contributed by atoms with van der Waals surface area (Å²) in [7, 11) is 0. The normalized spacial score (nSPS) is 12.7. The molecule has 238 valence electrons. The minimum atomic E-state index is 0.622. The van der Waals surface area contributed by atoms with Crippen LogP contribution in [-0.2, 0) is 0 Å². The van der Waals surface area contributed by atoms with Crippen LogP contribution in [0.25, 0.3) is 22.3 Å². The van der Waals surface area contributed by atoms with Gasteiger partial charge in [-0.2, -0.15) is 0 Å². The van der Waals surface area contributed by atoms with Crippen molar-refractivity contribution in [3.63, 3.8) is 0 Å². The summed E-state index contributed by atoms with van der Waals surface area (Å²) in [5, 5.41) is 3.91. The van der Waals surface area contributed by atoms with E-state index in [1.54, 1.807) is 0 Å². The van der Waals surface area contributed by atoms with Gasteiger partial charge in [-0.05, 0) is 76.9 Å². The fourth-order valence-electron chi connectivity index (χ4n) is 7.15. The van der Waals surface area contributed by atoms with Crippen LogP contribution < -0.4 is 21.4 Å². The summed E-state index contributed by atoms with van der Waals surface area (Å²) in [6.07, 6.45) is 0.898. The van der Waals surface area contributed by atoms with Crippen LogP contribution in [0.2, 0.25) is 0 Å². The maximum Gasteiger partial charge on any atom is 0.150 e. The van der Waals surface area contributed by atoms with Gasteiger partial charge in [0.05, 0.1) is 0 Å². The Morgan fingerprint density at radius 1 is 0.320 bits per heavy atom. The minimum Gasteiger partial charge on any atom is -0.354 e. The Balaban J connectivity index is 1.44. The molecule has 4 N–H and O–H groups in total. The molecule has 0 fully saturated rings. The number of aldehydes is 1. The van der Waals surface area contributed by atoms with Gasteiger partial charge in [-0.3, -0.25) is 4.79 Å². The zero-order valence-corrected chi connectivity index (χ0v) is 27.1. The van der Waals surface area contributed by atoms with E-state index in [0.29, 0.717) is 5.56 Å². The molecule has 50 heavy (non-hydrogen) atoms. The number of rotatable bonds is 5. The van der Waals surface area contributed by atoms with Crippen molar-refractivity contribution in [3.05, 3.63) is 236 Å². The van der Waals surface area contributed by atoms with Crippen LogP contribution in [0.3, 0.4) is 0 Å². The van der Waals surface area contributed by atoms with Crippen LogP contribution in [0.15, 0.2) is 164 Å². The second kappa shape index (κ2) is 12.3. The number of benzene rings is 4. The van der Waals surface area contributed by atoms with Crippen molar-refractivity contribution in [2.75, 3.05) is 0 Å². The van der Waals surface area contributed by atoms with Gasteiger partial charge >= 0.3 is 0 Å². The summed E-state index contributed by atoms with van der Waals surface area (Å²) < 4.78 is 0. The number of H-pyrrole nitrogens is 4. The van der Waals surface area contributed by atoms with Crippen molar-refractivity contribution in [1.29, 1.82) is 0 Å². The third-order valence-electron chi connectivity index (χ3n) is 9.40. The lowest BCUT2D eigenvalue weighted by Crippen LogP contribution is -2.19. The molecule has 5 heterocycles. The van der Waals surface area contributed by atoms with Gasteiger partial charge in [-0.25, -0.2) is 0 Å². The van der Waals surface area contributed by atoms with Crippen molar-refractivity contribution < 1.29 is 4.79 Å². The fraction of sp³-hybridized carbons (Fsp3) is 0. The maximum absolute atomic E-state index is 11.9. The highest BCUT2D eigenvalue weighted by Crippen LogP contribution is 2.28. The van der Waals surface area contributed by atoms with E-state index in [1.807, 2.05) is 30.3 Å². The molecule has 5 heteroatoms. The zero-order valence-electron chi connectivity index (χ0n) is 27.1. The van der Waals surface area contributed by atoms with E-state index in [9.17, 15) is 4.79 Å². The molecule has 0 atom stereocenters. The molecule has 9 rings (SSSR count). The molecule has 0 aliphatic carbocycles. The lowest BCUT2D eigenvalue weighted by molar-refractivity contribution is 0.112. The molecule has 0 radical (unpaired) electrons. The number of hydrogen-bond donors (Lipinski definition) is 4. The van der Waals surface area contributed by atoms with Crippen LogP contribution in [-0.4, -0.2) is 26.2 Å².